The number of rotatable bonds is 15. The summed E-state index contributed by atoms with van der Waals surface area (Å²) < 4.78 is 0. The molecule has 1 atom stereocenters. The quantitative estimate of drug-likeness (QED) is 0.294. The van der Waals surface area contributed by atoms with Crippen LogP contribution in [0.4, 0.5) is 0 Å². The molecule has 0 aromatic carbocycles. The van der Waals surface area contributed by atoms with Crippen LogP contribution in [0.3, 0.4) is 0 Å². The van der Waals surface area contributed by atoms with Crippen molar-refractivity contribution in [3.05, 3.63) is 0 Å². The molecule has 0 radical (unpaired) electrons. The first-order chi connectivity index (χ1) is 12.5. The highest BCUT2D eigenvalue weighted by atomic mass is 14.7. The molecular formula is C27H57N. The fourth-order valence-electron chi connectivity index (χ4n) is 5.49. The Morgan fingerprint density at radius 2 is 1.18 bits per heavy atom. The highest BCUT2D eigenvalue weighted by molar-refractivity contribution is 4.84. The van der Waals surface area contributed by atoms with Gasteiger partial charge in [0.15, 0.2) is 0 Å². The second kappa shape index (κ2) is 11.4. The Morgan fingerprint density at radius 1 is 0.679 bits per heavy atom. The topological polar surface area (TPSA) is 26.0 Å². The smallest absolute Gasteiger partial charge is 0.00970 e. The van der Waals surface area contributed by atoms with Crippen LogP contribution >= 0.6 is 0 Å². The van der Waals surface area contributed by atoms with Gasteiger partial charge in [-0.05, 0) is 80.5 Å². The minimum absolute atomic E-state index is 0.0244. The van der Waals surface area contributed by atoms with E-state index in [9.17, 15) is 0 Å². The second-order valence-corrected chi connectivity index (χ2v) is 13.5. The van der Waals surface area contributed by atoms with Crippen molar-refractivity contribution >= 4 is 0 Å². The summed E-state index contributed by atoms with van der Waals surface area (Å²) in [7, 11) is 0. The average molecular weight is 396 g/mol. The molecule has 0 amide bonds. The first kappa shape index (κ1) is 28.0. The van der Waals surface area contributed by atoms with Gasteiger partial charge in [-0.3, -0.25) is 0 Å². The van der Waals surface area contributed by atoms with Gasteiger partial charge in [0.2, 0.25) is 0 Å². The molecule has 2 N–H and O–H groups in total. The van der Waals surface area contributed by atoms with E-state index in [0.29, 0.717) is 16.2 Å². The highest BCUT2D eigenvalue weighted by Gasteiger charge is 2.32. The minimum atomic E-state index is -0.0244. The molecule has 0 aliphatic heterocycles. The first-order valence-electron chi connectivity index (χ1n) is 12.3. The fourth-order valence-corrected chi connectivity index (χ4v) is 5.49. The molecule has 0 aliphatic rings. The summed E-state index contributed by atoms with van der Waals surface area (Å²) in [4.78, 5) is 0. The SMILES string of the molecule is CCC(CC(C)(C)CCCC(C)(C)N)CC(C)(C)CC(C)(C)CCCC(C)C. The van der Waals surface area contributed by atoms with E-state index >= 15 is 0 Å². The Hall–Kier alpha value is -0.0400. The summed E-state index contributed by atoms with van der Waals surface area (Å²) in [6, 6.07) is 0. The van der Waals surface area contributed by atoms with Crippen LogP contribution in [-0.4, -0.2) is 5.54 Å². The van der Waals surface area contributed by atoms with Gasteiger partial charge in [0.05, 0.1) is 0 Å². The van der Waals surface area contributed by atoms with Crippen LogP contribution in [0.5, 0.6) is 0 Å². The molecule has 0 saturated heterocycles. The average Bonchev–Trinajstić information content (AvgIpc) is 2.41. The zero-order valence-corrected chi connectivity index (χ0v) is 21.8. The zero-order valence-electron chi connectivity index (χ0n) is 21.8. The van der Waals surface area contributed by atoms with E-state index in [1.165, 1.54) is 57.8 Å². The van der Waals surface area contributed by atoms with Crippen molar-refractivity contribution in [3.63, 3.8) is 0 Å². The third-order valence-electron chi connectivity index (χ3n) is 6.53. The molecule has 1 nitrogen and oxygen atoms in total. The maximum atomic E-state index is 6.19. The van der Waals surface area contributed by atoms with Crippen molar-refractivity contribution in [3.8, 4) is 0 Å². The van der Waals surface area contributed by atoms with E-state index in [1.807, 2.05) is 0 Å². The Morgan fingerprint density at radius 3 is 1.64 bits per heavy atom. The highest BCUT2D eigenvalue weighted by Crippen LogP contribution is 2.44. The molecule has 28 heavy (non-hydrogen) atoms. The van der Waals surface area contributed by atoms with E-state index in [-0.39, 0.29) is 5.54 Å². The van der Waals surface area contributed by atoms with Gasteiger partial charge in [-0.1, -0.05) is 88.0 Å². The Kier molecular flexibility index (Phi) is 11.4. The third kappa shape index (κ3) is 14.9. The predicted octanol–water partition coefficient (Wildman–Crippen LogP) is 9.00. The van der Waals surface area contributed by atoms with E-state index < -0.39 is 0 Å². The molecule has 0 spiro atoms. The first-order valence-corrected chi connectivity index (χ1v) is 12.3. The van der Waals surface area contributed by atoms with E-state index in [4.69, 9.17) is 5.73 Å². The lowest BCUT2D eigenvalue weighted by Gasteiger charge is -2.39. The van der Waals surface area contributed by atoms with E-state index in [2.05, 4.69) is 76.2 Å². The van der Waals surface area contributed by atoms with E-state index in [0.717, 1.165) is 18.3 Å². The molecule has 0 aromatic heterocycles. The van der Waals surface area contributed by atoms with Crippen LogP contribution in [0.25, 0.3) is 0 Å². The Balaban J connectivity index is 4.66. The molecular weight excluding hydrogens is 338 g/mol. The van der Waals surface area contributed by atoms with Crippen LogP contribution in [0, 0.1) is 28.1 Å². The maximum Gasteiger partial charge on any atom is 0.00970 e. The van der Waals surface area contributed by atoms with E-state index in [1.54, 1.807) is 0 Å². The van der Waals surface area contributed by atoms with Crippen molar-refractivity contribution < 1.29 is 0 Å². The van der Waals surface area contributed by atoms with Gasteiger partial charge < -0.3 is 5.73 Å². The fraction of sp³-hybridized carbons (Fsp3) is 1.00. The lowest BCUT2D eigenvalue weighted by Crippen LogP contribution is -2.32. The molecule has 0 bridgehead atoms. The van der Waals surface area contributed by atoms with Gasteiger partial charge >= 0.3 is 0 Å². The van der Waals surface area contributed by atoms with Gasteiger partial charge in [0.25, 0.3) is 0 Å². The van der Waals surface area contributed by atoms with Gasteiger partial charge in [-0.2, -0.15) is 0 Å². The van der Waals surface area contributed by atoms with Gasteiger partial charge in [0, 0.05) is 5.54 Å². The number of nitrogens with two attached hydrogens (primary N) is 1. The summed E-state index contributed by atoms with van der Waals surface area (Å²) in [5.41, 5.74) is 7.47. The normalized spacial score (nSPS) is 15.3. The molecule has 1 unspecified atom stereocenters. The van der Waals surface area contributed by atoms with Crippen LogP contribution in [0.1, 0.15) is 140 Å². The molecule has 1 heteroatoms. The molecule has 0 fully saturated rings. The molecule has 0 aromatic rings. The van der Waals surface area contributed by atoms with Crippen molar-refractivity contribution in [2.24, 2.45) is 33.8 Å². The zero-order chi connectivity index (χ0) is 22.2. The Labute approximate surface area is 180 Å². The maximum absolute atomic E-state index is 6.19. The summed E-state index contributed by atoms with van der Waals surface area (Å²) in [5.74, 6) is 1.67. The monoisotopic (exact) mass is 395 g/mol. The minimum Gasteiger partial charge on any atom is -0.326 e. The molecule has 0 rings (SSSR count). The van der Waals surface area contributed by atoms with Gasteiger partial charge in [-0.25, -0.2) is 0 Å². The number of hydrogen-bond acceptors (Lipinski definition) is 1. The third-order valence-corrected chi connectivity index (χ3v) is 6.53. The van der Waals surface area contributed by atoms with Crippen LogP contribution in [0.2, 0.25) is 0 Å². The van der Waals surface area contributed by atoms with Crippen molar-refractivity contribution in [1.82, 2.24) is 0 Å². The van der Waals surface area contributed by atoms with Crippen LogP contribution in [-0.2, 0) is 0 Å². The lowest BCUT2D eigenvalue weighted by atomic mass is 9.66. The van der Waals surface area contributed by atoms with Crippen molar-refractivity contribution in [1.29, 1.82) is 0 Å². The van der Waals surface area contributed by atoms with Gasteiger partial charge in [-0.15, -0.1) is 0 Å². The van der Waals surface area contributed by atoms with Crippen LogP contribution < -0.4 is 5.73 Å². The predicted molar refractivity (Wildman–Crippen MR) is 130 cm³/mol. The van der Waals surface area contributed by atoms with Crippen molar-refractivity contribution in [2.75, 3.05) is 0 Å². The molecule has 0 aliphatic carbocycles. The lowest BCUT2D eigenvalue weighted by molar-refractivity contribution is 0.122. The van der Waals surface area contributed by atoms with Gasteiger partial charge in [0.1, 0.15) is 0 Å². The van der Waals surface area contributed by atoms with Crippen molar-refractivity contribution in [2.45, 2.75) is 146 Å². The second-order valence-electron chi connectivity index (χ2n) is 13.5. The number of hydrogen-bond donors (Lipinski definition) is 1. The summed E-state index contributed by atoms with van der Waals surface area (Å²) in [6.07, 6.45) is 13.2. The molecule has 0 heterocycles. The Bertz CT molecular complexity index is 408. The standard InChI is InChI=1S/C27H57N/c1-12-23(19-24(4,5)17-14-18-27(10,11)28)20-26(8,9)21-25(6,7)16-13-15-22(2)3/h22-23H,12-21,28H2,1-11H3. The molecule has 0 saturated carbocycles. The largest absolute Gasteiger partial charge is 0.326 e. The summed E-state index contributed by atoms with van der Waals surface area (Å²) in [5, 5.41) is 0. The molecule has 170 valence electrons. The summed E-state index contributed by atoms with van der Waals surface area (Å²) >= 11 is 0. The summed E-state index contributed by atoms with van der Waals surface area (Å²) in [6.45, 7) is 26.4. The van der Waals surface area contributed by atoms with Crippen LogP contribution in [0.15, 0.2) is 0 Å².